The van der Waals surface area contributed by atoms with Crippen molar-refractivity contribution < 1.29 is 9.47 Å². The minimum Gasteiger partial charge on any atom is -0.494 e. The topological polar surface area (TPSA) is 18.5 Å². The molecule has 0 aliphatic heterocycles. The number of hydrogen-bond acceptors (Lipinski definition) is 3. The average Bonchev–Trinajstić information content (AvgIpc) is 2.30. The fraction of sp³-hybridized carbons (Fsp3) is 0.538. The molecule has 16 heavy (non-hydrogen) atoms. The lowest BCUT2D eigenvalue weighted by molar-refractivity contribution is 0.300. The second kappa shape index (κ2) is 8.34. The molecule has 2 nitrogen and oxygen atoms in total. The van der Waals surface area contributed by atoms with Crippen molar-refractivity contribution in [2.24, 2.45) is 0 Å². The molecule has 1 aromatic carbocycles. The zero-order valence-electron chi connectivity index (χ0n) is 9.82. The number of ether oxygens (including phenoxy) is 2. The molecule has 0 atom stereocenters. The maximum absolute atomic E-state index is 5.63. The molecule has 0 heterocycles. The van der Waals surface area contributed by atoms with Crippen LogP contribution in [0.3, 0.4) is 0 Å². The highest BCUT2D eigenvalue weighted by Crippen LogP contribution is 2.19. The summed E-state index contributed by atoms with van der Waals surface area (Å²) in [6.07, 6.45) is 3.42. The van der Waals surface area contributed by atoms with E-state index in [4.69, 9.17) is 9.47 Å². The van der Waals surface area contributed by atoms with Gasteiger partial charge in [0.15, 0.2) is 0 Å². The van der Waals surface area contributed by atoms with Crippen molar-refractivity contribution in [3.05, 3.63) is 24.3 Å². The van der Waals surface area contributed by atoms with Gasteiger partial charge in [0.1, 0.15) is 11.5 Å². The summed E-state index contributed by atoms with van der Waals surface area (Å²) in [6.45, 7) is 3.43. The van der Waals surface area contributed by atoms with Crippen molar-refractivity contribution in [3.8, 4) is 11.5 Å². The van der Waals surface area contributed by atoms with Crippen molar-refractivity contribution in [3.63, 3.8) is 0 Å². The number of thiol groups is 1. The summed E-state index contributed by atoms with van der Waals surface area (Å²) in [5.41, 5.74) is 0. The first-order valence-electron chi connectivity index (χ1n) is 5.83. The summed E-state index contributed by atoms with van der Waals surface area (Å²) in [4.78, 5) is 0. The van der Waals surface area contributed by atoms with Crippen LogP contribution in [0.4, 0.5) is 0 Å². The molecular formula is C13H20O2S. The summed E-state index contributed by atoms with van der Waals surface area (Å²) in [6, 6.07) is 7.79. The first-order chi connectivity index (χ1) is 7.86. The molecule has 0 amide bonds. The number of unbranched alkanes of at least 4 members (excludes halogenated alkanes) is 2. The summed E-state index contributed by atoms with van der Waals surface area (Å²) in [5.74, 6) is 2.71. The average molecular weight is 240 g/mol. The smallest absolute Gasteiger partial charge is 0.122 e. The lowest BCUT2D eigenvalue weighted by Gasteiger charge is -2.08. The highest BCUT2D eigenvalue weighted by molar-refractivity contribution is 7.80. The SMILES string of the molecule is CCOc1cccc(OCCCCCS)c1. The van der Waals surface area contributed by atoms with Crippen molar-refractivity contribution in [2.45, 2.75) is 26.2 Å². The quantitative estimate of drug-likeness (QED) is 0.553. The summed E-state index contributed by atoms with van der Waals surface area (Å²) in [5, 5.41) is 0. The van der Waals surface area contributed by atoms with Crippen LogP contribution in [-0.2, 0) is 0 Å². The fourth-order valence-electron chi connectivity index (χ4n) is 1.40. The normalized spacial score (nSPS) is 10.1. The molecule has 0 aliphatic carbocycles. The van der Waals surface area contributed by atoms with Gasteiger partial charge in [0.2, 0.25) is 0 Å². The zero-order valence-corrected chi connectivity index (χ0v) is 10.7. The first-order valence-corrected chi connectivity index (χ1v) is 6.46. The van der Waals surface area contributed by atoms with Gasteiger partial charge in [0, 0.05) is 6.07 Å². The standard InChI is InChI=1S/C13H20O2S/c1-2-14-12-7-6-8-13(11-12)15-9-4-3-5-10-16/h6-8,11,16H,2-5,9-10H2,1H3. The first kappa shape index (κ1) is 13.2. The maximum atomic E-state index is 5.63. The molecule has 0 spiro atoms. The number of benzene rings is 1. The molecule has 1 aromatic rings. The molecular weight excluding hydrogens is 220 g/mol. The molecule has 0 bridgehead atoms. The Hall–Kier alpha value is -0.830. The Morgan fingerprint density at radius 3 is 2.50 bits per heavy atom. The number of rotatable bonds is 8. The van der Waals surface area contributed by atoms with Crippen LogP contribution in [0.2, 0.25) is 0 Å². The van der Waals surface area contributed by atoms with E-state index < -0.39 is 0 Å². The molecule has 0 aromatic heterocycles. The Labute approximate surface area is 103 Å². The molecule has 0 radical (unpaired) electrons. The summed E-state index contributed by atoms with van der Waals surface area (Å²) >= 11 is 4.17. The van der Waals surface area contributed by atoms with Gasteiger partial charge in [-0.15, -0.1) is 0 Å². The molecule has 0 unspecified atom stereocenters. The van der Waals surface area contributed by atoms with Gasteiger partial charge < -0.3 is 9.47 Å². The van der Waals surface area contributed by atoms with Crippen LogP contribution < -0.4 is 9.47 Å². The van der Waals surface area contributed by atoms with E-state index in [1.807, 2.05) is 31.2 Å². The minimum absolute atomic E-state index is 0.686. The monoisotopic (exact) mass is 240 g/mol. The minimum atomic E-state index is 0.686. The Balaban J connectivity index is 2.27. The van der Waals surface area contributed by atoms with Crippen molar-refractivity contribution in [2.75, 3.05) is 19.0 Å². The lowest BCUT2D eigenvalue weighted by Crippen LogP contribution is -1.98. The van der Waals surface area contributed by atoms with E-state index in [1.165, 1.54) is 6.42 Å². The van der Waals surface area contributed by atoms with Crippen LogP contribution in [-0.4, -0.2) is 19.0 Å². The van der Waals surface area contributed by atoms with Gasteiger partial charge in [-0.05, 0) is 44.1 Å². The zero-order chi connectivity index (χ0) is 11.6. The van der Waals surface area contributed by atoms with Crippen LogP contribution in [0.5, 0.6) is 11.5 Å². The Kier molecular flexibility index (Phi) is 6.90. The van der Waals surface area contributed by atoms with Gasteiger partial charge in [-0.25, -0.2) is 0 Å². The van der Waals surface area contributed by atoms with Gasteiger partial charge in [-0.2, -0.15) is 12.6 Å². The summed E-state index contributed by atoms with van der Waals surface area (Å²) in [7, 11) is 0. The van der Waals surface area contributed by atoms with Crippen molar-refractivity contribution in [1.82, 2.24) is 0 Å². The van der Waals surface area contributed by atoms with E-state index in [-0.39, 0.29) is 0 Å². The molecule has 0 fully saturated rings. The molecule has 1 rings (SSSR count). The predicted octanol–water partition coefficient (Wildman–Crippen LogP) is 3.56. The fourth-order valence-corrected chi connectivity index (χ4v) is 1.62. The largest absolute Gasteiger partial charge is 0.494 e. The Bertz CT molecular complexity index is 289. The third kappa shape index (κ3) is 5.31. The van der Waals surface area contributed by atoms with E-state index in [0.29, 0.717) is 6.61 Å². The van der Waals surface area contributed by atoms with Crippen molar-refractivity contribution in [1.29, 1.82) is 0 Å². The molecule has 3 heteroatoms. The second-order valence-electron chi connectivity index (χ2n) is 3.54. The van der Waals surface area contributed by atoms with Crippen molar-refractivity contribution >= 4 is 12.6 Å². The van der Waals surface area contributed by atoms with Crippen LogP contribution in [0.15, 0.2) is 24.3 Å². The maximum Gasteiger partial charge on any atom is 0.122 e. The Morgan fingerprint density at radius 1 is 1.06 bits per heavy atom. The van der Waals surface area contributed by atoms with Gasteiger partial charge in [0.25, 0.3) is 0 Å². The van der Waals surface area contributed by atoms with Gasteiger partial charge in [-0.1, -0.05) is 6.07 Å². The van der Waals surface area contributed by atoms with E-state index in [2.05, 4.69) is 12.6 Å². The molecule has 0 N–H and O–H groups in total. The van der Waals surface area contributed by atoms with Gasteiger partial charge in [0.05, 0.1) is 13.2 Å². The highest BCUT2D eigenvalue weighted by atomic mass is 32.1. The predicted molar refractivity (Wildman–Crippen MR) is 70.8 cm³/mol. The molecule has 0 saturated heterocycles. The molecule has 0 saturated carbocycles. The van der Waals surface area contributed by atoms with Gasteiger partial charge in [-0.3, -0.25) is 0 Å². The highest BCUT2D eigenvalue weighted by Gasteiger charge is 1.97. The summed E-state index contributed by atoms with van der Waals surface area (Å²) < 4.78 is 11.0. The lowest BCUT2D eigenvalue weighted by atomic mass is 10.2. The van der Waals surface area contributed by atoms with Crippen LogP contribution >= 0.6 is 12.6 Å². The van der Waals surface area contributed by atoms with Crippen LogP contribution in [0.1, 0.15) is 26.2 Å². The van der Waals surface area contributed by atoms with Crippen LogP contribution in [0, 0.1) is 0 Å². The third-order valence-electron chi connectivity index (χ3n) is 2.19. The second-order valence-corrected chi connectivity index (χ2v) is 3.99. The van der Waals surface area contributed by atoms with E-state index in [0.717, 1.165) is 36.7 Å². The van der Waals surface area contributed by atoms with Crippen LogP contribution in [0.25, 0.3) is 0 Å². The van der Waals surface area contributed by atoms with Gasteiger partial charge >= 0.3 is 0 Å². The van der Waals surface area contributed by atoms with E-state index in [1.54, 1.807) is 0 Å². The number of hydrogen-bond donors (Lipinski definition) is 1. The molecule has 0 aliphatic rings. The molecule has 90 valence electrons. The van der Waals surface area contributed by atoms with E-state index >= 15 is 0 Å². The third-order valence-corrected chi connectivity index (χ3v) is 2.50. The Morgan fingerprint density at radius 2 is 1.81 bits per heavy atom. The van der Waals surface area contributed by atoms with E-state index in [9.17, 15) is 0 Å².